The Morgan fingerprint density at radius 1 is 0.528 bits per heavy atom. The van der Waals surface area contributed by atoms with Crippen molar-refractivity contribution >= 4 is 21.6 Å². The summed E-state index contributed by atoms with van der Waals surface area (Å²) >= 11 is 0. The van der Waals surface area contributed by atoms with E-state index in [9.17, 15) is 10.2 Å². The first kappa shape index (κ1) is 23.6. The molecule has 4 aromatic carbocycles. The molecule has 0 aliphatic heterocycles. The van der Waals surface area contributed by atoms with Crippen molar-refractivity contribution in [2.45, 2.75) is 60.2 Å². The molecule has 182 valence electrons. The first-order valence-electron chi connectivity index (χ1n) is 12.8. The lowest BCUT2D eigenvalue weighted by Gasteiger charge is -2.26. The average molecular weight is 511 g/mol. The highest BCUT2D eigenvalue weighted by Gasteiger charge is 2.24. The number of aryl methyl sites for hydroxylation is 2. The summed E-state index contributed by atoms with van der Waals surface area (Å²) in [6.07, 6.45) is 6.23. The van der Waals surface area contributed by atoms with Gasteiger partial charge in [-0.05, 0) is 120 Å². The van der Waals surface area contributed by atoms with Crippen molar-refractivity contribution in [3.63, 3.8) is 0 Å². The van der Waals surface area contributed by atoms with Crippen LogP contribution in [0.2, 0.25) is 0 Å². The standard InChI is InChI=1S/C32H30O2S2/c33-31-15-13-27(19-29(31)25-11-9-21-5-1-3-7-23(21)17-25)35-36-28-14-16-32(34)30(20-28)26-12-10-22-6-2-4-8-24(22)18-26/h1-8,13-16,19-20,25-26,33-34H,9-12,17-18H2. The molecule has 0 spiro atoms. The molecule has 0 heterocycles. The zero-order valence-corrected chi connectivity index (χ0v) is 21.8. The molecule has 0 fully saturated rings. The van der Waals surface area contributed by atoms with E-state index in [4.69, 9.17) is 0 Å². The van der Waals surface area contributed by atoms with Gasteiger partial charge in [-0.15, -0.1) is 0 Å². The summed E-state index contributed by atoms with van der Waals surface area (Å²) in [7, 11) is 3.44. The second-order valence-corrected chi connectivity index (χ2v) is 12.3. The Kier molecular flexibility index (Phi) is 6.73. The predicted octanol–water partition coefficient (Wildman–Crippen LogP) is 8.44. The van der Waals surface area contributed by atoms with E-state index in [0.29, 0.717) is 23.3 Å². The van der Waals surface area contributed by atoms with Crippen molar-refractivity contribution < 1.29 is 10.2 Å². The zero-order chi connectivity index (χ0) is 24.5. The van der Waals surface area contributed by atoms with E-state index in [2.05, 4.69) is 60.7 Å². The second kappa shape index (κ2) is 10.3. The second-order valence-electron chi connectivity index (χ2n) is 10.0. The molecule has 2 unspecified atom stereocenters. The van der Waals surface area contributed by atoms with Crippen LogP contribution in [0.25, 0.3) is 0 Å². The maximum atomic E-state index is 10.7. The highest BCUT2D eigenvalue weighted by atomic mass is 33.1. The molecule has 0 amide bonds. The number of rotatable bonds is 5. The van der Waals surface area contributed by atoms with Crippen molar-refractivity contribution in [1.82, 2.24) is 0 Å². The lowest BCUT2D eigenvalue weighted by atomic mass is 9.80. The average Bonchev–Trinajstić information content (AvgIpc) is 2.93. The van der Waals surface area contributed by atoms with E-state index in [1.807, 2.05) is 24.3 Å². The van der Waals surface area contributed by atoms with Crippen LogP contribution >= 0.6 is 21.6 Å². The fourth-order valence-corrected chi connectivity index (χ4v) is 7.83. The maximum absolute atomic E-state index is 10.7. The number of fused-ring (bicyclic) bond motifs is 2. The largest absolute Gasteiger partial charge is 0.508 e. The quantitative estimate of drug-likeness (QED) is 0.264. The normalized spacial score (nSPS) is 18.9. The third-order valence-corrected chi connectivity index (χ3v) is 10.2. The molecule has 2 N–H and O–H groups in total. The van der Waals surface area contributed by atoms with Crippen LogP contribution in [0.1, 0.15) is 58.1 Å². The van der Waals surface area contributed by atoms with Crippen LogP contribution in [-0.2, 0) is 25.7 Å². The highest BCUT2D eigenvalue weighted by molar-refractivity contribution is 8.76. The van der Waals surface area contributed by atoms with Gasteiger partial charge in [0.25, 0.3) is 0 Å². The molecule has 0 aromatic heterocycles. The molecule has 4 heteroatoms. The van der Waals surface area contributed by atoms with Gasteiger partial charge in [0.05, 0.1) is 0 Å². The molecule has 4 aromatic rings. The van der Waals surface area contributed by atoms with E-state index < -0.39 is 0 Å². The summed E-state index contributed by atoms with van der Waals surface area (Å²) in [5.74, 6) is 1.50. The highest BCUT2D eigenvalue weighted by Crippen LogP contribution is 2.45. The topological polar surface area (TPSA) is 40.5 Å². The number of hydrogen-bond acceptors (Lipinski definition) is 4. The molecule has 2 aliphatic carbocycles. The van der Waals surface area contributed by atoms with Gasteiger partial charge < -0.3 is 10.2 Å². The number of benzene rings is 4. The van der Waals surface area contributed by atoms with Crippen molar-refractivity contribution in [2.75, 3.05) is 0 Å². The molecule has 36 heavy (non-hydrogen) atoms. The molecule has 2 atom stereocenters. The van der Waals surface area contributed by atoms with Gasteiger partial charge in [0.15, 0.2) is 0 Å². The summed E-state index contributed by atoms with van der Waals surface area (Å²) in [6.45, 7) is 0. The van der Waals surface area contributed by atoms with Crippen molar-refractivity contribution in [1.29, 1.82) is 0 Å². The minimum Gasteiger partial charge on any atom is -0.508 e. The van der Waals surface area contributed by atoms with Gasteiger partial charge in [-0.25, -0.2) is 0 Å². The number of aromatic hydroxyl groups is 2. The number of hydrogen-bond donors (Lipinski definition) is 2. The van der Waals surface area contributed by atoms with Gasteiger partial charge in [0.2, 0.25) is 0 Å². The first-order chi connectivity index (χ1) is 17.6. The summed E-state index contributed by atoms with van der Waals surface area (Å²) < 4.78 is 0. The molecule has 2 aliphatic rings. The molecule has 2 nitrogen and oxygen atoms in total. The minimum atomic E-state index is 0.347. The Morgan fingerprint density at radius 3 is 1.39 bits per heavy atom. The summed E-state index contributed by atoms with van der Waals surface area (Å²) in [4.78, 5) is 2.29. The third kappa shape index (κ3) is 4.89. The predicted molar refractivity (Wildman–Crippen MR) is 150 cm³/mol. The zero-order valence-electron chi connectivity index (χ0n) is 20.2. The molecule has 0 radical (unpaired) electrons. The Balaban J connectivity index is 1.17. The van der Waals surface area contributed by atoms with E-state index >= 15 is 0 Å². The molecular formula is C32H30O2S2. The van der Waals surface area contributed by atoms with Gasteiger partial charge in [-0.2, -0.15) is 0 Å². The van der Waals surface area contributed by atoms with E-state index in [0.717, 1.165) is 59.4 Å². The van der Waals surface area contributed by atoms with Gasteiger partial charge in [-0.3, -0.25) is 0 Å². The fourth-order valence-electron chi connectivity index (χ4n) is 5.85. The SMILES string of the molecule is Oc1ccc(SSc2ccc(O)c(C3CCc4ccccc4C3)c2)cc1C1CCc2ccccc2C1. The van der Waals surface area contributed by atoms with Crippen LogP contribution in [-0.4, -0.2) is 10.2 Å². The minimum absolute atomic E-state index is 0.347. The van der Waals surface area contributed by atoms with Crippen LogP contribution in [0.5, 0.6) is 11.5 Å². The maximum Gasteiger partial charge on any atom is 0.119 e. The number of phenols is 2. The van der Waals surface area contributed by atoms with Crippen molar-refractivity contribution in [2.24, 2.45) is 0 Å². The van der Waals surface area contributed by atoms with Gasteiger partial charge in [-0.1, -0.05) is 70.1 Å². The van der Waals surface area contributed by atoms with Crippen molar-refractivity contribution in [3.8, 4) is 11.5 Å². The fraction of sp³-hybridized carbons (Fsp3) is 0.250. The third-order valence-electron chi connectivity index (χ3n) is 7.81. The lowest BCUT2D eigenvalue weighted by molar-refractivity contribution is 0.452. The molecular weight excluding hydrogens is 480 g/mol. The Bertz CT molecular complexity index is 1290. The van der Waals surface area contributed by atoms with Crippen molar-refractivity contribution in [3.05, 3.63) is 118 Å². The van der Waals surface area contributed by atoms with Crippen LogP contribution in [0, 0.1) is 0 Å². The molecule has 0 saturated heterocycles. The number of phenolic OH excluding ortho intramolecular Hbond substituents is 2. The van der Waals surface area contributed by atoms with E-state index in [1.54, 1.807) is 21.6 Å². The van der Waals surface area contributed by atoms with E-state index in [-0.39, 0.29) is 0 Å². The summed E-state index contributed by atoms with van der Waals surface area (Å²) in [5, 5.41) is 21.3. The van der Waals surface area contributed by atoms with Crippen LogP contribution in [0.3, 0.4) is 0 Å². The molecule has 6 rings (SSSR count). The summed E-state index contributed by atoms with van der Waals surface area (Å²) in [6, 6.07) is 29.4. The Hall–Kier alpha value is -2.82. The van der Waals surface area contributed by atoms with Gasteiger partial charge in [0.1, 0.15) is 11.5 Å². The van der Waals surface area contributed by atoms with Crippen LogP contribution in [0.15, 0.2) is 94.7 Å². The molecule has 0 bridgehead atoms. The lowest BCUT2D eigenvalue weighted by Crippen LogP contribution is -2.12. The first-order valence-corrected chi connectivity index (χ1v) is 14.9. The van der Waals surface area contributed by atoms with Gasteiger partial charge >= 0.3 is 0 Å². The van der Waals surface area contributed by atoms with Crippen LogP contribution < -0.4 is 0 Å². The Morgan fingerprint density at radius 2 is 0.944 bits per heavy atom. The Labute approximate surface area is 221 Å². The monoisotopic (exact) mass is 510 g/mol. The smallest absolute Gasteiger partial charge is 0.119 e. The molecule has 0 saturated carbocycles. The van der Waals surface area contributed by atoms with E-state index in [1.165, 1.54) is 22.3 Å². The van der Waals surface area contributed by atoms with Gasteiger partial charge in [0, 0.05) is 9.79 Å². The van der Waals surface area contributed by atoms with Crippen LogP contribution in [0.4, 0.5) is 0 Å². The summed E-state index contributed by atoms with van der Waals surface area (Å²) in [5.41, 5.74) is 7.81.